The fourth-order valence-corrected chi connectivity index (χ4v) is 2.14. The predicted octanol–water partition coefficient (Wildman–Crippen LogP) is 4.68. The second-order valence-electron chi connectivity index (χ2n) is 5.11. The lowest BCUT2D eigenvalue weighted by Gasteiger charge is -2.06. The molecule has 0 saturated heterocycles. The van der Waals surface area contributed by atoms with Crippen LogP contribution in [0.25, 0.3) is 11.4 Å². The molecule has 0 aliphatic carbocycles. The smallest absolute Gasteiger partial charge is 0.216 e. The molecule has 1 radical (unpaired) electrons. The Balaban J connectivity index is 1.77. The van der Waals surface area contributed by atoms with E-state index in [1.165, 1.54) is 32.1 Å². The maximum absolute atomic E-state index is 5.71. The van der Waals surface area contributed by atoms with Crippen LogP contribution >= 0.6 is 0 Å². The molecule has 0 bridgehead atoms. The van der Waals surface area contributed by atoms with E-state index in [-0.39, 0.29) is 0 Å². The molecule has 0 saturated carbocycles. The molecule has 3 heteroatoms. The van der Waals surface area contributed by atoms with Crippen molar-refractivity contribution >= 4 is 0 Å². The number of nitrogens with zero attached hydrogens (tertiary/aromatic N) is 2. The van der Waals surface area contributed by atoms with E-state index in [0.29, 0.717) is 11.7 Å². The van der Waals surface area contributed by atoms with Crippen molar-refractivity contribution < 1.29 is 4.74 Å². The van der Waals surface area contributed by atoms with Crippen molar-refractivity contribution in [2.45, 2.75) is 45.4 Å². The Kier molecular flexibility index (Phi) is 6.72. The SMILES string of the molecule is CCCCCCCCOc1ccnc(-c2[c]cccc2)n1. The van der Waals surface area contributed by atoms with Gasteiger partial charge >= 0.3 is 0 Å². The lowest BCUT2D eigenvalue weighted by Crippen LogP contribution is -2.00. The van der Waals surface area contributed by atoms with Gasteiger partial charge in [-0.3, -0.25) is 0 Å². The minimum atomic E-state index is 0.644. The van der Waals surface area contributed by atoms with Gasteiger partial charge in [0.25, 0.3) is 0 Å². The zero-order chi connectivity index (χ0) is 14.8. The topological polar surface area (TPSA) is 35.0 Å². The first kappa shape index (κ1) is 15.5. The van der Waals surface area contributed by atoms with Crippen LogP contribution in [0.2, 0.25) is 0 Å². The number of aromatic nitrogens is 2. The number of hydrogen-bond acceptors (Lipinski definition) is 3. The molecule has 3 nitrogen and oxygen atoms in total. The van der Waals surface area contributed by atoms with Gasteiger partial charge in [0, 0.05) is 17.8 Å². The highest BCUT2D eigenvalue weighted by Crippen LogP contribution is 2.16. The van der Waals surface area contributed by atoms with E-state index in [1.807, 2.05) is 30.3 Å². The van der Waals surface area contributed by atoms with Crippen LogP contribution in [-0.4, -0.2) is 16.6 Å². The van der Waals surface area contributed by atoms with E-state index in [9.17, 15) is 0 Å². The number of ether oxygens (including phenoxy) is 1. The van der Waals surface area contributed by atoms with E-state index in [2.05, 4.69) is 23.0 Å². The second kappa shape index (κ2) is 9.11. The molecular weight excluding hydrogens is 260 g/mol. The third-order valence-electron chi connectivity index (χ3n) is 3.33. The largest absolute Gasteiger partial charge is 0.478 e. The Bertz CT molecular complexity index is 514. The number of unbranched alkanes of at least 4 members (excludes halogenated alkanes) is 5. The molecule has 0 unspecified atom stereocenters. The van der Waals surface area contributed by atoms with Crippen LogP contribution < -0.4 is 4.74 Å². The summed E-state index contributed by atoms with van der Waals surface area (Å²) in [5.74, 6) is 1.31. The molecule has 2 aromatic rings. The minimum absolute atomic E-state index is 0.644. The van der Waals surface area contributed by atoms with E-state index in [0.717, 1.165) is 18.6 Å². The van der Waals surface area contributed by atoms with Crippen molar-refractivity contribution in [1.82, 2.24) is 9.97 Å². The summed E-state index contributed by atoms with van der Waals surface area (Å²) in [5, 5.41) is 0. The van der Waals surface area contributed by atoms with Gasteiger partial charge in [-0.1, -0.05) is 63.3 Å². The van der Waals surface area contributed by atoms with Gasteiger partial charge in [0.2, 0.25) is 5.88 Å². The highest BCUT2D eigenvalue weighted by atomic mass is 16.5. The third-order valence-corrected chi connectivity index (χ3v) is 3.33. The average Bonchev–Trinajstić information content (AvgIpc) is 2.55. The second-order valence-corrected chi connectivity index (χ2v) is 5.11. The quantitative estimate of drug-likeness (QED) is 0.627. The van der Waals surface area contributed by atoms with Gasteiger partial charge in [-0.05, 0) is 12.5 Å². The molecular formula is C18H23N2O. The Morgan fingerprint density at radius 1 is 1.05 bits per heavy atom. The van der Waals surface area contributed by atoms with Crippen molar-refractivity contribution in [3.05, 3.63) is 42.6 Å². The van der Waals surface area contributed by atoms with Crippen LogP contribution in [0.5, 0.6) is 5.88 Å². The summed E-state index contributed by atoms with van der Waals surface area (Å²) in [6, 6.07) is 12.6. The first-order valence-corrected chi connectivity index (χ1v) is 7.83. The first-order chi connectivity index (χ1) is 10.4. The molecule has 0 aliphatic rings. The molecule has 0 atom stereocenters. The summed E-state index contributed by atoms with van der Waals surface area (Å²) < 4.78 is 5.71. The standard InChI is InChI=1S/C18H23N2O/c1-2-3-4-5-6-10-15-21-17-13-14-19-18(20-17)16-11-8-7-9-12-16/h7-9,11,13-14H,2-6,10,15H2,1H3. The van der Waals surface area contributed by atoms with Gasteiger partial charge in [-0.25, -0.2) is 4.98 Å². The van der Waals surface area contributed by atoms with Crippen LogP contribution in [-0.2, 0) is 0 Å². The molecule has 0 fully saturated rings. The summed E-state index contributed by atoms with van der Waals surface area (Å²) in [7, 11) is 0. The van der Waals surface area contributed by atoms with Gasteiger partial charge in [-0.15, -0.1) is 0 Å². The summed E-state index contributed by atoms with van der Waals surface area (Å²) in [4.78, 5) is 8.69. The Morgan fingerprint density at radius 3 is 2.71 bits per heavy atom. The number of rotatable bonds is 9. The maximum Gasteiger partial charge on any atom is 0.216 e. The minimum Gasteiger partial charge on any atom is -0.478 e. The van der Waals surface area contributed by atoms with Gasteiger partial charge in [-0.2, -0.15) is 4.98 Å². The predicted molar refractivity (Wildman–Crippen MR) is 85.2 cm³/mol. The summed E-state index contributed by atoms with van der Waals surface area (Å²) in [6.45, 7) is 2.96. The van der Waals surface area contributed by atoms with Crippen LogP contribution in [0.3, 0.4) is 0 Å². The fourth-order valence-electron chi connectivity index (χ4n) is 2.14. The Labute approximate surface area is 127 Å². The van der Waals surface area contributed by atoms with E-state index >= 15 is 0 Å². The van der Waals surface area contributed by atoms with Gasteiger partial charge in [0.15, 0.2) is 5.82 Å². The number of benzene rings is 1. The normalized spacial score (nSPS) is 10.5. The van der Waals surface area contributed by atoms with E-state index < -0.39 is 0 Å². The zero-order valence-corrected chi connectivity index (χ0v) is 12.7. The molecule has 111 valence electrons. The van der Waals surface area contributed by atoms with Crippen molar-refractivity contribution in [1.29, 1.82) is 0 Å². The van der Waals surface area contributed by atoms with Crippen LogP contribution in [0.1, 0.15) is 45.4 Å². The van der Waals surface area contributed by atoms with Crippen molar-refractivity contribution in [2.24, 2.45) is 0 Å². The highest BCUT2D eigenvalue weighted by molar-refractivity contribution is 5.53. The van der Waals surface area contributed by atoms with Crippen molar-refractivity contribution in [2.75, 3.05) is 6.61 Å². The molecule has 2 rings (SSSR count). The number of hydrogen-bond donors (Lipinski definition) is 0. The highest BCUT2D eigenvalue weighted by Gasteiger charge is 2.03. The molecule has 1 aromatic heterocycles. The lowest BCUT2D eigenvalue weighted by atomic mass is 10.1. The lowest BCUT2D eigenvalue weighted by molar-refractivity contribution is 0.293. The molecule has 1 aromatic carbocycles. The van der Waals surface area contributed by atoms with Gasteiger partial charge in [0.05, 0.1) is 6.61 Å². The molecule has 0 aliphatic heterocycles. The van der Waals surface area contributed by atoms with Crippen LogP contribution in [0, 0.1) is 6.07 Å². The van der Waals surface area contributed by atoms with Gasteiger partial charge < -0.3 is 4.74 Å². The first-order valence-electron chi connectivity index (χ1n) is 7.83. The molecule has 0 N–H and O–H groups in total. The van der Waals surface area contributed by atoms with Crippen LogP contribution in [0.4, 0.5) is 0 Å². The van der Waals surface area contributed by atoms with Crippen molar-refractivity contribution in [3.63, 3.8) is 0 Å². The maximum atomic E-state index is 5.71. The molecule has 21 heavy (non-hydrogen) atoms. The Hall–Kier alpha value is -1.90. The van der Waals surface area contributed by atoms with Gasteiger partial charge in [0.1, 0.15) is 0 Å². The summed E-state index contributed by atoms with van der Waals surface area (Å²) in [5.41, 5.74) is 0.891. The monoisotopic (exact) mass is 283 g/mol. The zero-order valence-electron chi connectivity index (χ0n) is 12.7. The van der Waals surface area contributed by atoms with E-state index in [1.54, 1.807) is 6.20 Å². The molecule has 1 heterocycles. The molecule has 0 amide bonds. The molecule has 0 spiro atoms. The summed E-state index contributed by atoms with van der Waals surface area (Å²) in [6.07, 6.45) is 9.30. The summed E-state index contributed by atoms with van der Waals surface area (Å²) >= 11 is 0. The van der Waals surface area contributed by atoms with Crippen LogP contribution in [0.15, 0.2) is 36.5 Å². The third kappa shape index (κ3) is 5.54. The average molecular weight is 283 g/mol. The van der Waals surface area contributed by atoms with E-state index in [4.69, 9.17) is 4.74 Å². The van der Waals surface area contributed by atoms with Crippen molar-refractivity contribution in [3.8, 4) is 17.3 Å². The fraction of sp³-hybridized carbons (Fsp3) is 0.444. The Morgan fingerprint density at radius 2 is 1.90 bits per heavy atom.